The molecule has 25 heavy (non-hydrogen) atoms. The lowest BCUT2D eigenvalue weighted by atomic mass is 10.1. The number of urea groups is 1. The molecule has 1 unspecified atom stereocenters. The molecule has 2 amide bonds. The van der Waals surface area contributed by atoms with Crippen molar-refractivity contribution in [2.24, 2.45) is 0 Å². The summed E-state index contributed by atoms with van der Waals surface area (Å²) in [5.74, 6) is 0.694. The van der Waals surface area contributed by atoms with Gasteiger partial charge in [0.15, 0.2) is 0 Å². The summed E-state index contributed by atoms with van der Waals surface area (Å²) in [7, 11) is 0. The van der Waals surface area contributed by atoms with Gasteiger partial charge in [0.05, 0.1) is 5.56 Å². The maximum Gasteiger partial charge on any atom is 0.416 e. The number of hydrogen-bond acceptors (Lipinski definition) is 2. The monoisotopic (exact) mass is 366 g/mol. The second-order valence-corrected chi connectivity index (χ2v) is 6.87. The van der Waals surface area contributed by atoms with Gasteiger partial charge in [-0.2, -0.15) is 13.2 Å². The molecule has 0 radical (unpaired) electrons. The van der Waals surface area contributed by atoms with E-state index in [4.69, 9.17) is 0 Å². The number of rotatable bonds is 3. The number of halogens is 3. The van der Waals surface area contributed by atoms with Crippen LogP contribution in [0.3, 0.4) is 0 Å². The molecule has 1 aliphatic heterocycles. The summed E-state index contributed by atoms with van der Waals surface area (Å²) in [4.78, 5) is 14.0. The minimum absolute atomic E-state index is 0.267. The highest BCUT2D eigenvalue weighted by atomic mass is 32.2. The molecule has 0 aliphatic carbocycles. The zero-order valence-corrected chi connectivity index (χ0v) is 14.1. The van der Waals surface area contributed by atoms with Gasteiger partial charge >= 0.3 is 12.2 Å². The van der Waals surface area contributed by atoms with E-state index in [9.17, 15) is 18.0 Å². The molecule has 0 bridgehead atoms. The van der Waals surface area contributed by atoms with Crippen molar-refractivity contribution < 1.29 is 18.0 Å². The van der Waals surface area contributed by atoms with E-state index in [1.54, 1.807) is 11.0 Å². The standard InChI is InChI=1S/C18H17F3N2OS/c19-18(20,21)15-8-4-7-14(11-15)16-23(9-10-25-16)17(24)22-12-13-5-2-1-3-6-13/h1-8,11,16H,9-10,12H2,(H,22,24). The molecule has 2 aromatic carbocycles. The highest BCUT2D eigenvalue weighted by molar-refractivity contribution is 7.99. The molecule has 132 valence electrons. The van der Waals surface area contributed by atoms with Crippen LogP contribution in [0.4, 0.5) is 18.0 Å². The summed E-state index contributed by atoms with van der Waals surface area (Å²) in [5, 5.41) is 2.43. The number of nitrogens with one attached hydrogen (secondary N) is 1. The van der Waals surface area contributed by atoms with Crippen LogP contribution >= 0.6 is 11.8 Å². The fraction of sp³-hybridized carbons (Fsp3) is 0.278. The topological polar surface area (TPSA) is 32.3 Å². The molecular weight excluding hydrogens is 349 g/mol. The lowest BCUT2D eigenvalue weighted by molar-refractivity contribution is -0.137. The number of carbonyl (C=O) groups is 1. The first-order valence-electron chi connectivity index (χ1n) is 7.82. The van der Waals surface area contributed by atoms with Gasteiger partial charge in [-0.15, -0.1) is 11.8 Å². The number of thioether (sulfide) groups is 1. The first-order chi connectivity index (χ1) is 11.9. The molecule has 7 heteroatoms. The molecule has 1 fully saturated rings. The fourth-order valence-electron chi connectivity index (χ4n) is 2.70. The average molecular weight is 366 g/mol. The Bertz CT molecular complexity index is 737. The molecule has 1 N–H and O–H groups in total. The minimum Gasteiger partial charge on any atom is -0.334 e. The Morgan fingerprint density at radius 1 is 1.16 bits per heavy atom. The highest BCUT2D eigenvalue weighted by Gasteiger charge is 2.34. The number of alkyl halides is 3. The van der Waals surface area contributed by atoms with Crippen molar-refractivity contribution in [2.45, 2.75) is 18.1 Å². The molecule has 0 spiro atoms. The van der Waals surface area contributed by atoms with Crippen molar-refractivity contribution in [1.82, 2.24) is 10.2 Å². The van der Waals surface area contributed by atoms with E-state index in [0.29, 0.717) is 24.4 Å². The molecule has 1 heterocycles. The summed E-state index contributed by atoms with van der Waals surface area (Å²) in [6.07, 6.45) is -4.39. The Labute approximate surface area is 148 Å². The van der Waals surface area contributed by atoms with Crippen LogP contribution in [0.5, 0.6) is 0 Å². The Kier molecular flexibility index (Phi) is 5.22. The molecule has 0 saturated carbocycles. The smallest absolute Gasteiger partial charge is 0.334 e. The molecule has 1 aliphatic rings. The van der Waals surface area contributed by atoms with Gasteiger partial charge in [-0.3, -0.25) is 0 Å². The first kappa shape index (κ1) is 17.7. The molecule has 1 saturated heterocycles. The van der Waals surface area contributed by atoms with Crippen LogP contribution < -0.4 is 5.32 Å². The van der Waals surface area contributed by atoms with Crippen LogP contribution in [0.25, 0.3) is 0 Å². The number of amides is 2. The molecule has 2 aromatic rings. The minimum atomic E-state index is -4.39. The SMILES string of the molecule is O=C(NCc1ccccc1)N1CCSC1c1cccc(C(F)(F)F)c1. The largest absolute Gasteiger partial charge is 0.416 e. The number of nitrogens with zero attached hydrogens (tertiary/aromatic N) is 1. The van der Waals surface area contributed by atoms with Gasteiger partial charge in [0, 0.05) is 18.8 Å². The van der Waals surface area contributed by atoms with Crippen LogP contribution in [-0.2, 0) is 12.7 Å². The van der Waals surface area contributed by atoms with Crippen LogP contribution in [-0.4, -0.2) is 23.2 Å². The van der Waals surface area contributed by atoms with Crippen molar-refractivity contribution in [3.63, 3.8) is 0 Å². The normalized spacial score (nSPS) is 17.6. The van der Waals surface area contributed by atoms with Crippen LogP contribution in [0.2, 0.25) is 0 Å². The van der Waals surface area contributed by atoms with Crippen molar-refractivity contribution in [3.8, 4) is 0 Å². The third-order valence-corrected chi connectivity index (χ3v) is 5.20. The Balaban J connectivity index is 1.71. The van der Waals surface area contributed by atoms with E-state index in [1.807, 2.05) is 30.3 Å². The molecule has 0 aromatic heterocycles. The van der Waals surface area contributed by atoms with Crippen molar-refractivity contribution in [3.05, 3.63) is 71.3 Å². The second kappa shape index (κ2) is 7.39. The van der Waals surface area contributed by atoms with E-state index in [2.05, 4.69) is 5.32 Å². The van der Waals surface area contributed by atoms with E-state index in [-0.39, 0.29) is 6.03 Å². The third kappa shape index (κ3) is 4.28. The second-order valence-electron chi connectivity index (χ2n) is 5.68. The number of hydrogen-bond donors (Lipinski definition) is 1. The number of benzene rings is 2. The number of carbonyl (C=O) groups excluding carboxylic acids is 1. The van der Waals surface area contributed by atoms with Gasteiger partial charge in [0.2, 0.25) is 0 Å². The Morgan fingerprint density at radius 3 is 2.64 bits per heavy atom. The van der Waals surface area contributed by atoms with Gasteiger partial charge in [-0.1, -0.05) is 42.5 Å². The summed E-state index contributed by atoms with van der Waals surface area (Å²) in [6, 6.07) is 14.4. The first-order valence-corrected chi connectivity index (χ1v) is 8.87. The van der Waals surface area contributed by atoms with Crippen LogP contribution in [0.15, 0.2) is 54.6 Å². The van der Waals surface area contributed by atoms with Gasteiger partial charge in [0.25, 0.3) is 0 Å². The van der Waals surface area contributed by atoms with E-state index >= 15 is 0 Å². The maximum atomic E-state index is 12.9. The third-order valence-electron chi connectivity index (χ3n) is 3.94. The molecule has 3 rings (SSSR count). The van der Waals surface area contributed by atoms with Gasteiger partial charge in [0.1, 0.15) is 5.37 Å². The predicted octanol–water partition coefficient (Wildman–Crippen LogP) is 4.66. The summed E-state index contributed by atoms with van der Waals surface area (Å²) >= 11 is 1.47. The van der Waals surface area contributed by atoms with E-state index in [1.165, 1.54) is 17.8 Å². The van der Waals surface area contributed by atoms with E-state index in [0.717, 1.165) is 17.7 Å². The summed E-state index contributed by atoms with van der Waals surface area (Å²) < 4.78 is 38.8. The fourth-order valence-corrected chi connectivity index (χ4v) is 3.94. The summed E-state index contributed by atoms with van der Waals surface area (Å²) in [5.41, 5.74) is 0.771. The summed E-state index contributed by atoms with van der Waals surface area (Å²) in [6.45, 7) is 0.891. The quantitative estimate of drug-likeness (QED) is 0.857. The zero-order valence-electron chi connectivity index (χ0n) is 13.3. The van der Waals surface area contributed by atoms with Crippen molar-refractivity contribution in [1.29, 1.82) is 0 Å². The van der Waals surface area contributed by atoms with Crippen molar-refractivity contribution in [2.75, 3.05) is 12.3 Å². The van der Waals surface area contributed by atoms with Gasteiger partial charge < -0.3 is 10.2 Å². The lowest BCUT2D eigenvalue weighted by Crippen LogP contribution is -2.39. The van der Waals surface area contributed by atoms with Crippen molar-refractivity contribution >= 4 is 17.8 Å². The molecule has 3 nitrogen and oxygen atoms in total. The van der Waals surface area contributed by atoms with Gasteiger partial charge in [-0.25, -0.2) is 4.79 Å². The molecule has 1 atom stereocenters. The maximum absolute atomic E-state index is 12.9. The molecular formula is C18H17F3N2OS. The Morgan fingerprint density at radius 2 is 1.92 bits per heavy atom. The van der Waals surface area contributed by atoms with Crippen LogP contribution in [0, 0.1) is 0 Å². The lowest BCUT2D eigenvalue weighted by Gasteiger charge is -2.25. The zero-order chi connectivity index (χ0) is 17.9. The van der Waals surface area contributed by atoms with Gasteiger partial charge in [-0.05, 0) is 23.3 Å². The van der Waals surface area contributed by atoms with Crippen LogP contribution in [0.1, 0.15) is 22.1 Å². The highest BCUT2D eigenvalue weighted by Crippen LogP contribution is 2.40. The average Bonchev–Trinajstić information content (AvgIpc) is 3.10. The Hall–Kier alpha value is -2.15. The van der Waals surface area contributed by atoms with E-state index < -0.39 is 17.1 Å². The predicted molar refractivity (Wildman–Crippen MR) is 92.0 cm³/mol.